The zero-order valence-electron chi connectivity index (χ0n) is 11.7. The van der Waals surface area contributed by atoms with Crippen molar-refractivity contribution in [1.29, 1.82) is 0 Å². The van der Waals surface area contributed by atoms with E-state index in [-0.39, 0.29) is 5.41 Å². The normalized spacial score (nSPS) is 17.6. The molecule has 0 saturated carbocycles. The summed E-state index contributed by atoms with van der Waals surface area (Å²) in [5.41, 5.74) is 2.77. The van der Waals surface area contributed by atoms with E-state index < -0.39 is 0 Å². The summed E-state index contributed by atoms with van der Waals surface area (Å²) in [4.78, 5) is 0. The highest BCUT2D eigenvalue weighted by atomic mass is 16.5. The average molecular weight is 249 g/mol. The molecule has 0 unspecified atom stereocenters. The summed E-state index contributed by atoms with van der Waals surface area (Å²) in [5, 5.41) is 3.27. The van der Waals surface area contributed by atoms with E-state index in [1.54, 1.807) is 7.11 Å². The van der Waals surface area contributed by atoms with Crippen LogP contribution in [0, 0.1) is 0 Å². The number of likely N-dealkylation sites (N-methyl/N-ethyl adjacent to an activating group) is 1. The lowest BCUT2D eigenvalue weighted by molar-refractivity contribution is -0.0583. The number of ether oxygens (including phenoxy) is 2. The van der Waals surface area contributed by atoms with Crippen LogP contribution in [0.1, 0.15) is 30.9 Å². The van der Waals surface area contributed by atoms with Crippen molar-refractivity contribution in [3.8, 4) is 5.75 Å². The molecule has 1 aliphatic heterocycles. The van der Waals surface area contributed by atoms with Gasteiger partial charge in [-0.3, -0.25) is 0 Å². The minimum atomic E-state index is 0.144. The maximum absolute atomic E-state index is 5.44. The zero-order valence-corrected chi connectivity index (χ0v) is 11.7. The Morgan fingerprint density at radius 1 is 1.39 bits per heavy atom. The number of methoxy groups -OCH3 is 1. The van der Waals surface area contributed by atoms with Crippen molar-refractivity contribution in [2.24, 2.45) is 0 Å². The number of nitrogens with one attached hydrogen (secondary N) is 1. The fourth-order valence-electron chi connectivity index (χ4n) is 2.57. The van der Waals surface area contributed by atoms with Gasteiger partial charge in [-0.05, 0) is 30.2 Å². The Bertz CT molecular complexity index is 411. The SMILES string of the molecule is CNCC1(c2ccc(OC)c(C(C)C)c2)COC1. The summed E-state index contributed by atoms with van der Waals surface area (Å²) in [6, 6.07) is 6.54. The van der Waals surface area contributed by atoms with Gasteiger partial charge in [0.15, 0.2) is 0 Å². The molecule has 1 heterocycles. The van der Waals surface area contributed by atoms with Gasteiger partial charge in [-0.15, -0.1) is 0 Å². The van der Waals surface area contributed by atoms with Crippen molar-refractivity contribution >= 4 is 0 Å². The van der Waals surface area contributed by atoms with Crippen LogP contribution in [0.15, 0.2) is 18.2 Å². The Morgan fingerprint density at radius 2 is 2.11 bits per heavy atom. The number of hydrogen-bond donors (Lipinski definition) is 1. The molecule has 18 heavy (non-hydrogen) atoms. The Kier molecular flexibility index (Phi) is 3.93. The lowest BCUT2D eigenvalue weighted by Gasteiger charge is -2.42. The Morgan fingerprint density at radius 3 is 2.56 bits per heavy atom. The van der Waals surface area contributed by atoms with E-state index in [1.807, 2.05) is 7.05 Å². The zero-order chi connectivity index (χ0) is 13.2. The first-order valence-electron chi connectivity index (χ1n) is 6.54. The monoisotopic (exact) mass is 249 g/mol. The van der Waals surface area contributed by atoms with E-state index in [0.29, 0.717) is 5.92 Å². The highest BCUT2D eigenvalue weighted by Crippen LogP contribution is 2.36. The molecule has 0 amide bonds. The van der Waals surface area contributed by atoms with Gasteiger partial charge in [-0.1, -0.05) is 26.0 Å². The molecule has 100 valence electrons. The average Bonchev–Trinajstić information content (AvgIpc) is 2.33. The molecule has 0 bridgehead atoms. The van der Waals surface area contributed by atoms with Crippen molar-refractivity contribution in [3.05, 3.63) is 29.3 Å². The van der Waals surface area contributed by atoms with Gasteiger partial charge in [0.1, 0.15) is 5.75 Å². The minimum absolute atomic E-state index is 0.144. The van der Waals surface area contributed by atoms with Crippen molar-refractivity contribution in [3.63, 3.8) is 0 Å². The minimum Gasteiger partial charge on any atom is -0.496 e. The van der Waals surface area contributed by atoms with Gasteiger partial charge in [0.25, 0.3) is 0 Å². The molecule has 2 rings (SSSR count). The van der Waals surface area contributed by atoms with E-state index in [0.717, 1.165) is 25.5 Å². The molecule has 0 aromatic heterocycles. The van der Waals surface area contributed by atoms with Gasteiger partial charge >= 0.3 is 0 Å². The first-order valence-corrected chi connectivity index (χ1v) is 6.54. The molecule has 1 aromatic rings. The summed E-state index contributed by atoms with van der Waals surface area (Å²) in [6.07, 6.45) is 0. The number of rotatable bonds is 5. The number of hydrogen-bond acceptors (Lipinski definition) is 3. The second-order valence-corrected chi connectivity index (χ2v) is 5.41. The first kappa shape index (κ1) is 13.4. The topological polar surface area (TPSA) is 30.5 Å². The number of benzene rings is 1. The largest absolute Gasteiger partial charge is 0.496 e. The van der Waals surface area contributed by atoms with Gasteiger partial charge < -0.3 is 14.8 Å². The van der Waals surface area contributed by atoms with Gasteiger partial charge in [-0.25, -0.2) is 0 Å². The molecule has 3 nitrogen and oxygen atoms in total. The lowest BCUT2D eigenvalue weighted by atomic mass is 9.77. The van der Waals surface area contributed by atoms with Crippen LogP contribution in [0.5, 0.6) is 5.75 Å². The van der Waals surface area contributed by atoms with Gasteiger partial charge in [0.05, 0.1) is 25.7 Å². The molecule has 0 atom stereocenters. The highest BCUT2D eigenvalue weighted by Gasteiger charge is 2.40. The molecule has 1 saturated heterocycles. The van der Waals surface area contributed by atoms with E-state index in [4.69, 9.17) is 9.47 Å². The van der Waals surface area contributed by atoms with Gasteiger partial charge in [0.2, 0.25) is 0 Å². The molecule has 3 heteroatoms. The molecule has 0 spiro atoms. The van der Waals surface area contributed by atoms with Crippen molar-refractivity contribution < 1.29 is 9.47 Å². The molecular formula is C15H23NO2. The molecule has 1 aromatic carbocycles. The Balaban J connectivity index is 2.36. The third-order valence-electron chi connectivity index (χ3n) is 3.74. The van der Waals surface area contributed by atoms with Gasteiger partial charge in [-0.2, -0.15) is 0 Å². The van der Waals surface area contributed by atoms with Crippen LogP contribution >= 0.6 is 0 Å². The van der Waals surface area contributed by atoms with Crippen molar-refractivity contribution in [1.82, 2.24) is 5.32 Å². The van der Waals surface area contributed by atoms with Crippen LogP contribution in [0.25, 0.3) is 0 Å². The summed E-state index contributed by atoms with van der Waals surface area (Å²) in [7, 11) is 3.73. The summed E-state index contributed by atoms with van der Waals surface area (Å²) >= 11 is 0. The van der Waals surface area contributed by atoms with Crippen LogP contribution < -0.4 is 10.1 Å². The second-order valence-electron chi connectivity index (χ2n) is 5.41. The lowest BCUT2D eigenvalue weighted by Crippen LogP contribution is -2.52. The van der Waals surface area contributed by atoms with Crippen LogP contribution in [-0.2, 0) is 10.2 Å². The summed E-state index contributed by atoms with van der Waals surface area (Å²) in [6.45, 7) is 6.96. The highest BCUT2D eigenvalue weighted by molar-refractivity contribution is 5.43. The smallest absolute Gasteiger partial charge is 0.122 e. The molecule has 1 aliphatic rings. The van der Waals surface area contributed by atoms with Crippen LogP contribution in [0.2, 0.25) is 0 Å². The van der Waals surface area contributed by atoms with Crippen LogP contribution in [0.4, 0.5) is 0 Å². The second kappa shape index (κ2) is 5.29. The predicted octanol–water partition coefficient (Wildman–Crippen LogP) is 2.31. The van der Waals surface area contributed by atoms with E-state index in [9.17, 15) is 0 Å². The van der Waals surface area contributed by atoms with Crippen molar-refractivity contribution in [2.45, 2.75) is 25.2 Å². The molecule has 1 fully saturated rings. The predicted molar refractivity (Wildman–Crippen MR) is 73.5 cm³/mol. The third kappa shape index (κ3) is 2.25. The van der Waals surface area contributed by atoms with Crippen LogP contribution in [0.3, 0.4) is 0 Å². The van der Waals surface area contributed by atoms with E-state index >= 15 is 0 Å². The Labute approximate surface area is 109 Å². The Hall–Kier alpha value is -1.06. The fraction of sp³-hybridized carbons (Fsp3) is 0.600. The van der Waals surface area contributed by atoms with E-state index in [2.05, 4.69) is 37.4 Å². The third-order valence-corrected chi connectivity index (χ3v) is 3.74. The quantitative estimate of drug-likeness (QED) is 0.868. The van der Waals surface area contributed by atoms with Crippen molar-refractivity contribution in [2.75, 3.05) is 33.9 Å². The standard InChI is InChI=1S/C15H23NO2/c1-11(2)13-7-12(5-6-14(13)17-4)15(8-16-3)9-18-10-15/h5-7,11,16H,8-10H2,1-4H3. The van der Waals surface area contributed by atoms with E-state index in [1.165, 1.54) is 11.1 Å². The molecule has 1 N–H and O–H groups in total. The summed E-state index contributed by atoms with van der Waals surface area (Å²) < 4.78 is 10.9. The fourth-order valence-corrected chi connectivity index (χ4v) is 2.57. The maximum atomic E-state index is 5.44. The first-order chi connectivity index (χ1) is 8.63. The van der Waals surface area contributed by atoms with Gasteiger partial charge in [0, 0.05) is 6.54 Å². The summed E-state index contributed by atoms with van der Waals surface area (Å²) in [5.74, 6) is 1.45. The molecule has 0 radical (unpaired) electrons. The molecule has 0 aliphatic carbocycles. The maximum Gasteiger partial charge on any atom is 0.122 e. The molecular weight excluding hydrogens is 226 g/mol. The van der Waals surface area contributed by atoms with Crippen LogP contribution in [-0.4, -0.2) is 33.9 Å².